The fourth-order valence-electron chi connectivity index (χ4n) is 1.62. The Hall–Kier alpha value is -0.620. The maximum absolute atomic E-state index is 12.2. The third-order valence-corrected chi connectivity index (χ3v) is 3.74. The second-order valence-corrected chi connectivity index (χ2v) is 6.18. The molecule has 1 unspecified atom stereocenters. The van der Waals surface area contributed by atoms with Crippen LogP contribution >= 0.6 is 22.6 Å². The van der Waals surface area contributed by atoms with Crippen molar-refractivity contribution in [3.63, 3.8) is 0 Å². The molecule has 0 saturated carbocycles. The van der Waals surface area contributed by atoms with Crippen LogP contribution in [0.4, 0.5) is 0 Å². The molecule has 0 heterocycles. The first kappa shape index (κ1) is 15.4. The molecule has 0 spiro atoms. The van der Waals surface area contributed by atoms with Crippen LogP contribution in [0.2, 0.25) is 0 Å². The van der Waals surface area contributed by atoms with Gasteiger partial charge in [-0.25, -0.2) is 0 Å². The maximum atomic E-state index is 12.2. The van der Waals surface area contributed by atoms with Crippen molar-refractivity contribution in [2.75, 3.05) is 13.6 Å². The highest BCUT2D eigenvalue weighted by Gasteiger charge is 2.14. The summed E-state index contributed by atoms with van der Waals surface area (Å²) in [4.78, 5) is 13.9. The van der Waals surface area contributed by atoms with Gasteiger partial charge in [-0.05, 0) is 53.1 Å². The van der Waals surface area contributed by atoms with E-state index in [1.807, 2.05) is 31.3 Å². The molecule has 3 nitrogen and oxygen atoms in total. The second-order valence-electron chi connectivity index (χ2n) is 4.93. The molecule has 0 saturated heterocycles. The molecule has 2 N–H and O–H groups in total. The summed E-state index contributed by atoms with van der Waals surface area (Å²) < 4.78 is 1.07. The highest BCUT2D eigenvalue weighted by atomic mass is 127. The van der Waals surface area contributed by atoms with E-state index in [-0.39, 0.29) is 11.9 Å². The van der Waals surface area contributed by atoms with Gasteiger partial charge in [0, 0.05) is 28.8 Å². The largest absolute Gasteiger partial charge is 0.342 e. The quantitative estimate of drug-likeness (QED) is 0.821. The zero-order valence-electron chi connectivity index (χ0n) is 11.2. The van der Waals surface area contributed by atoms with Crippen LogP contribution in [0.5, 0.6) is 0 Å². The zero-order valence-corrected chi connectivity index (χ0v) is 13.3. The third kappa shape index (κ3) is 4.57. The van der Waals surface area contributed by atoms with E-state index in [4.69, 9.17) is 5.73 Å². The highest BCUT2D eigenvalue weighted by molar-refractivity contribution is 14.1. The Balaban J connectivity index is 2.57. The zero-order chi connectivity index (χ0) is 13.7. The molecule has 0 aliphatic heterocycles. The van der Waals surface area contributed by atoms with E-state index in [1.54, 1.807) is 4.90 Å². The lowest BCUT2D eigenvalue weighted by Gasteiger charge is -2.21. The topological polar surface area (TPSA) is 46.3 Å². The van der Waals surface area contributed by atoms with Crippen molar-refractivity contribution in [2.45, 2.75) is 26.3 Å². The van der Waals surface area contributed by atoms with Gasteiger partial charge in [-0.15, -0.1) is 0 Å². The molecule has 1 atom stereocenters. The van der Waals surface area contributed by atoms with E-state index in [2.05, 4.69) is 36.4 Å². The van der Waals surface area contributed by atoms with Crippen LogP contribution in [-0.2, 0) is 0 Å². The summed E-state index contributed by atoms with van der Waals surface area (Å²) in [5, 5.41) is 0. The summed E-state index contributed by atoms with van der Waals surface area (Å²) in [5.41, 5.74) is 6.73. The second kappa shape index (κ2) is 7.09. The Morgan fingerprint density at radius 3 is 2.67 bits per heavy atom. The van der Waals surface area contributed by atoms with Crippen molar-refractivity contribution >= 4 is 28.5 Å². The fraction of sp³-hybridized carbons (Fsp3) is 0.500. The molecule has 0 aromatic heterocycles. The number of benzene rings is 1. The molecule has 1 aromatic carbocycles. The highest BCUT2D eigenvalue weighted by Crippen LogP contribution is 2.11. The molecule has 4 heteroatoms. The molecule has 1 rings (SSSR count). The van der Waals surface area contributed by atoms with E-state index in [9.17, 15) is 4.79 Å². The molecule has 0 aliphatic carbocycles. The molecule has 100 valence electrons. The Morgan fingerprint density at radius 2 is 2.11 bits per heavy atom. The van der Waals surface area contributed by atoms with Crippen molar-refractivity contribution in [2.24, 2.45) is 11.7 Å². The van der Waals surface area contributed by atoms with Crippen LogP contribution in [0.15, 0.2) is 24.3 Å². The summed E-state index contributed by atoms with van der Waals surface area (Å²) in [7, 11) is 1.83. The number of carbonyl (C=O) groups excluding carboxylic acids is 1. The normalized spacial score (nSPS) is 12.6. The average Bonchev–Trinajstić information content (AvgIpc) is 2.34. The molecule has 18 heavy (non-hydrogen) atoms. The van der Waals surface area contributed by atoms with Gasteiger partial charge in [0.1, 0.15) is 0 Å². The van der Waals surface area contributed by atoms with Crippen LogP contribution in [-0.4, -0.2) is 30.4 Å². The first-order valence-corrected chi connectivity index (χ1v) is 7.26. The smallest absolute Gasteiger partial charge is 0.253 e. The van der Waals surface area contributed by atoms with Crippen LogP contribution in [0.25, 0.3) is 0 Å². The number of nitrogens with zero attached hydrogens (tertiary/aromatic N) is 1. The van der Waals surface area contributed by atoms with Gasteiger partial charge in [0.15, 0.2) is 0 Å². The minimum absolute atomic E-state index is 0.0597. The van der Waals surface area contributed by atoms with Gasteiger partial charge in [-0.2, -0.15) is 0 Å². The van der Waals surface area contributed by atoms with E-state index < -0.39 is 0 Å². The van der Waals surface area contributed by atoms with Gasteiger partial charge in [-0.1, -0.05) is 19.9 Å². The summed E-state index contributed by atoms with van der Waals surface area (Å²) in [5.74, 6) is 0.510. The predicted octanol–water partition coefficient (Wildman–Crippen LogP) is 2.74. The van der Waals surface area contributed by atoms with E-state index in [1.165, 1.54) is 0 Å². The minimum Gasteiger partial charge on any atom is -0.342 e. The van der Waals surface area contributed by atoms with Gasteiger partial charge in [0.25, 0.3) is 5.91 Å². The number of amides is 1. The Kier molecular flexibility index (Phi) is 6.08. The van der Waals surface area contributed by atoms with E-state index in [0.717, 1.165) is 15.6 Å². The van der Waals surface area contributed by atoms with E-state index >= 15 is 0 Å². The molecule has 1 amide bonds. The van der Waals surface area contributed by atoms with Crippen molar-refractivity contribution in [3.8, 4) is 0 Å². The Bertz CT molecular complexity index is 407. The molecule has 0 aliphatic rings. The van der Waals surface area contributed by atoms with Crippen molar-refractivity contribution < 1.29 is 4.79 Å². The van der Waals surface area contributed by atoms with Crippen molar-refractivity contribution in [1.29, 1.82) is 0 Å². The minimum atomic E-state index is 0.0597. The van der Waals surface area contributed by atoms with Crippen molar-refractivity contribution in [3.05, 3.63) is 33.4 Å². The SMILES string of the molecule is CC(C)C(N)CCN(C)C(=O)c1cccc(I)c1. The maximum Gasteiger partial charge on any atom is 0.253 e. The lowest BCUT2D eigenvalue weighted by atomic mass is 10.0. The molecule has 0 radical (unpaired) electrons. The van der Waals surface area contributed by atoms with Gasteiger partial charge < -0.3 is 10.6 Å². The standard InChI is InChI=1S/C14H21IN2O/c1-10(2)13(16)7-8-17(3)14(18)11-5-4-6-12(15)9-11/h4-6,9-10,13H,7-8,16H2,1-3H3. The summed E-state index contributed by atoms with van der Waals surface area (Å²) >= 11 is 2.21. The lowest BCUT2D eigenvalue weighted by Crippen LogP contribution is -2.34. The van der Waals surface area contributed by atoms with Crippen molar-refractivity contribution in [1.82, 2.24) is 4.90 Å². The molecule has 0 fully saturated rings. The number of hydrogen-bond donors (Lipinski definition) is 1. The average molecular weight is 360 g/mol. The molecule has 1 aromatic rings. The number of rotatable bonds is 5. The summed E-state index contributed by atoms with van der Waals surface area (Å²) in [6.07, 6.45) is 0.837. The Morgan fingerprint density at radius 1 is 1.44 bits per heavy atom. The molecular formula is C14H21IN2O. The van der Waals surface area contributed by atoms with Gasteiger partial charge in [-0.3, -0.25) is 4.79 Å². The van der Waals surface area contributed by atoms with Crippen LogP contribution in [0, 0.1) is 9.49 Å². The van der Waals surface area contributed by atoms with Gasteiger partial charge in [0.2, 0.25) is 0 Å². The lowest BCUT2D eigenvalue weighted by molar-refractivity contribution is 0.0789. The number of halogens is 1. The Labute approximate surface area is 123 Å². The molecule has 0 bridgehead atoms. The van der Waals surface area contributed by atoms with Crippen LogP contribution < -0.4 is 5.73 Å². The third-order valence-electron chi connectivity index (χ3n) is 3.07. The summed E-state index contributed by atoms with van der Waals surface area (Å²) in [6, 6.07) is 7.79. The number of carbonyl (C=O) groups is 1. The molecular weight excluding hydrogens is 339 g/mol. The van der Waals surface area contributed by atoms with Crippen LogP contribution in [0.3, 0.4) is 0 Å². The van der Waals surface area contributed by atoms with Crippen LogP contribution in [0.1, 0.15) is 30.6 Å². The van der Waals surface area contributed by atoms with Gasteiger partial charge >= 0.3 is 0 Å². The number of hydrogen-bond acceptors (Lipinski definition) is 2. The fourth-order valence-corrected chi connectivity index (χ4v) is 2.16. The summed E-state index contributed by atoms with van der Waals surface area (Å²) in [6.45, 7) is 4.90. The first-order chi connectivity index (χ1) is 8.41. The van der Waals surface area contributed by atoms with Gasteiger partial charge in [0.05, 0.1) is 0 Å². The monoisotopic (exact) mass is 360 g/mol. The predicted molar refractivity (Wildman–Crippen MR) is 83.5 cm³/mol. The van der Waals surface area contributed by atoms with E-state index in [0.29, 0.717) is 12.5 Å². The first-order valence-electron chi connectivity index (χ1n) is 6.18. The number of nitrogens with two attached hydrogens (primary N) is 1.